The van der Waals surface area contributed by atoms with E-state index in [4.69, 9.17) is 0 Å². The maximum atomic E-state index is 11.5. The van der Waals surface area contributed by atoms with Crippen molar-refractivity contribution in [3.05, 3.63) is 24.0 Å². The zero-order chi connectivity index (χ0) is 10.8. The van der Waals surface area contributed by atoms with E-state index >= 15 is 0 Å². The third-order valence-corrected chi connectivity index (χ3v) is 2.36. The molecule has 0 unspecified atom stereocenters. The Kier molecular flexibility index (Phi) is 2.37. The molecule has 0 aromatic carbocycles. The highest BCUT2D eigenvalue weighted by molar-refractivity contribution is 6.05. The molecule has 0 radical (unpaired) electrons. The molecule has 2 rings (SSSR count). The van der Waals surface area contributed by atoms with Gasteiger partial charge in [-0.05, 0) is 18.6 Å². The van der Waals surface area contributed by atoms with Crippen LogP contribution >= 0.6 is 0 Å². The SMILES string of the molecule is Cc1ccncc1N1CCC(=O)NC1=O. The average molecular weight is 205 g/mol. The highest BCUT2D eigenvalue weighted by Gasteiger charge is 2.24. The number of amides is 3. The third kappa shape index (κ3) is 1.81. The largest absolute Gasteiger partial charge is 0.328 e. The van der Waals surface area contributed by atoms with Crippen molar-refractivity contribution in [3.8, 4) is 0 Å². The van der Waals surface area contributed by atoms with E-state index in [1.807, 2.05) is 13.0 Å². The van der Waals surface area contributed by atoms with Crippen molar-refractivity contribution in [2.45, 2.75) is 13.3 Å². The van der Waals surface area contributed by atoms with Crippen molar-refractivity contribution in [2.75, 3.05) is 11.4 Å². The van der Waals surface area contributed by atoms with Gasteiger partial charge in [0, 0.05) is 19.2 Å². The number of hydrogen-bond donors (Lipinski definition) is 1. The summed E-state index contributed by atoms with van der Waals surface area (Å²) in [7, 11) is 0. The summed E-state index contributed by atoms with van der Waals surface area (Å²) in [4.78, 5) is 28.0. The van der Waals surface area contributed by atoms with Crippen molar-refractivity contribution in [3.63, 3.8) is 0 Å². The van der Waals surface area contributed by atoms with E-state index in [0.29, 0.717) is 13.0 Å². The standard InChI is InChI=1S/C10H11N3O2/c1-7-2-4-11-6-8(7)13-5-3-9(14)12-10(13)15/h2,4,6H,3,5H2,1H3,(H,12,14,15). The second kappa shape index (κ2) is 3.68. The Bertz CT molecular complexity index is 417. The number of rotatable bonds is 1. The summed E-state index contributed by atoms with van der Waals surface area (Å²) in [6, 6.07) is 1.46. The molecule has 1 aliphatic heterocycles. The number of aromatic nitrogens is 1. The lowest BCUT2D eigenvalue weighted by molar-refractivity contribution is -0.120. The van der Waals surface area contributed by atoms with E-state index in [1.54, 1.807) is 12.4 Å². The van der Waals surface area contributed by atoms with Crippen LogP contribution in [0.3, 0.4) is 0 Å². The van der Waals surface area contributed by atoms with Crippen LogP contribution in [0.5, 0.6) is 0 Å². The van der Waals surface area contributed by atoms with Crippen LogP contribution < -0.4 is 10.2 Å². The number of nitrogens with zero attached hydrogens (tertiary/aromatic N) is 2. The van der Waals surface area contributed by atoms with Crippen LogP contribution in [0.4, 0.5) is 10.5 Å². The van der Waals surface area contributed by atoms with E-state index in [-0.39, 0.29) is 11.9 Å². The maximum absolute atomic E-state index is 11.5. The van der Waals surface area contributed by atoms with Gasteiger partial charge in [-0.3, -0.25) is 20.0 Å². The smallest absolute Gasteiger partial charge is 0.292 e. The first kappa shape index (κ1) is 9.64. The van der Waals surface area contributed by atoms with Crippen LogP contribution in [0.15, 0.2) is 18.5 Å². The fraction of sp³-hybridized carbons (Fsp3) is 0.300. The average Bonchev–Trinajstić information content (AvgIpc) is 2.20. The maximum Gasteiger partial charge on any atom is 0.328 e. The van der Waals surface area contributed by atoms with Gasteiger partial charge in [0.15, 0.2) is 0 Å². The summed E-state index contributed by atoms with van der Waals surface area (Å²) in [5.74, 6) is -0.224. The van der Waals surface area contributed by atoms with Crippen molar-refractivity contribution in [2.24, 2.45) is 0 Å². The van der Waals surface area contributed by atoms with Crippen molar-refractivity contribution in [1.82, 2.24) is 10.3 Å². The molecule has 0 saturated carbocycles. The molecular weight excluding hydrogens is 194 g/mol. The van der Waals surface area contributed by atoms with Gasteiger partial charge in [-0.2, -0.15) is 0 Å². The Labute approximate surface area is 87.1 Å². The topological polar surface area (TPSA) is 62.3 Å². The molecule has 5 nitrogen and oxygen atoms in total. The van der Waals surface area contributed by atoms with E-state index in [2.05, 4.69) is 10.3 Å². The predicted octanol–water partition coefficient (Wildman–Crippen LogP) is 0.836. The van der Waals surface area contributed by atoms with Crippen LogP contribution in [0.2, 0.25) is 0 Å². The van der Waals surface area contributed by atoms with Gasteiger partial charge in [0.05, 0.1) is 11.9 Å². The van der Waals surface area contributed by atoms with E-state index in [9.17, 15) is 9.59 Å². The molecule has 0 atom stereocenters. The number of urea groups is 1. The Morgan fingerprint density at radius 1 is 1.47 bits per heavy atom. The lowest BCUT2D eigenvalue weighted by Gasteiger charge is -2.27. The van der Waals surface area contributed by atoms with Crippen LogP contribution in [-0.4, -0.2) is 23.5 Å². The number of anilines is 1. The van der Waals surface area contributed by atoms with Crippen LogP contribution in [-0.2, 0) is 4.79 Å². The van der Waals surface area contributed by atoms with Crippen molar-refractivity contribution in [1.29, 1.82) is 0 Å². The number of carbonyl (C=O) groups excluding carboxylic acids is 2. The molecule has 0 aliphatic carbocycles. The summed E-state index contributed by atoms with van der Waals surface area (Å²) < 4.78 is 0. The lowest BCUT2D eigenvalue weighted by Crippen LogP contribution is -2.49. The summed E-state index contributed by atoms with van der Waals surface area (Å²) in [6.07, 6.45) is 3.64. The van der Waals surface area contributed by atoms with Gasteiger partial charge in [0.1, 0.15) is 0 Å². The molecule has 1 saturated heterocycles. The molecule has 1 aromatic rings. The zero-order valence-corrected chi connectivity index (χ0v) is 8.36. The van der Waals surface area contributed by atoms with Crippen LogP contribution in [0.1, 0.15) is 12.0 Å². The monoisotopic (exact) mass is 205 g/mol. The van der Waals surface area contributed by atoms with Crippen molar-refractivity contribution < 1.29 is 9.59 Å². The summed E-state index contributed by atoms with van der Waals surface area (Å²) in [6.45, 7) is 2.32. The fourth-order valence-electron chi connectivity index (χ4n) is 1.53. The highest BCUT2D eigenvalue weighted by atomic mass is 16.2. The molecule has 15 heavy (non-hydrogen) atoms. The molecule has 1 fully saturated rings. The summed E-state index contributed by atoms with van der Waals surface area (Å²) in [5.41, 5.74) is 1.72. The molecule has 1 aliphatic rings. The molecule has 2 heterocycles. The first-order valence-electron chi connectivity index (χ1n) is 4.70. The van der Waals surface area contributed by atoms with Gasteiger partial charge in [0.25, 0.3) is 0 Å². The number of hydrogen-bond acceptors (Lipinski definition) is 3. The van der Waals surface area contributed by atoms with Gasteiger partial charge in [-0.1, -0.05) is 0 Å². The Morgan fingerprint density at radius 2 is 2.27 bits per heavy atom. The number of pyridine rings is 1. The third-order valence-electron chi connectivity index (χ3n) is 2.36. The van der Waals surface area contributed by atoms with Crippen LogP contribution in [0, 0.1) is 6.92 Å². The molecule has 0 bridgehead atoms. The minimum atomic E-state index is -0.373. The zero-order valence-electron chi connectivity index (χ0n) is 8.36. The predicted molar refractivity (Wildman–Crippen MR) is 54.5 cm³/mol. The first-order valence-corrected chi connectivity index (χ1v) is 4.70. The number of imide groups is 1. The molecule has 78 valence electrons. The van der Waals surface area contributed by atoms with E-state index in [0.717, 1.165) is 11.3 Å². The number of carbonyl (C=O) groups is 2. The quantitative estimate of drug-likeness (QED) is 0.738. The normalized spacial score (nSPS) is 16.5. The molecule has 3 amide bonds. The lowest BCUT2D eigenvalue weighted by atomic mass is 10.2. The van der Waals surface area contributed by atoms with Gasteiger partial charge in [-0.15, -0.1) is 0 Å². The summed E-state index contributed by atoms with van der Waals surface area (Å²) in [5, 5.41) is 2.28. The molecule has 1 N–H and O–H groups in total. The highest BCUT2D eigenvalue weighted by Crippen LogP contribution is 2.19. The van der Waals surface area contributed by atoms with Gasteiger partial charge < -0.3 is 0 Å². The first-order chi connectivity index (χ1) is 7.18. The summed E-state index contributed by atoms with van der Waals surface area (Å²) >= 11 is 0. The second-order valence-corrected chi connectivity index (χ2v) is 3.42. The van der Waals surface area contributed by atoms with E-state index in [1.165, 1.54) is 4.90 Å². The van der Waals surface area contributed by atoms with Crippen molar-refractivity contribution >= 4 is 17.6 Å². The Morgan fingerprint density at radius 3 is 2.93 bits per heavy atom. The molecule has 5 heteroatoms. The van der Waals surface area contributed by atoms with E-state index < -0.39 is 0 Å². The van der Waals surface area contributed by atoms with Gasteiger partial charge in [0.2, 0.25) is 5.91 Å². The number of nitrogens with one attached hydrogen (secondary N) is 1. The minimum Gasteiger partial charge on any atom is -0.292 e. The number of aryl methyl sites for hydroxylation is 1. The Hall–Kier alpha value is -1.91. The molecule has 1 aromatic heterocycles. The van der Waals surface area contributed by atoms with Crippen LogP contribution in [0.25, 0.3) is 0 Å². The molecule has 0 spiro atoms. The Balaban J connectivity index is 2.28. The minimum absolute atomic E-state index is 0.224. The fourth-order valence-corrected chi connectivity index (χ4v) is 1.53. The second-order valence-electron chi connectivity index (χ2n) is 3.42. The van der Waals surface area contributed by atoms with Gasteiger partial charge >= 0.3 is 6.03 Å². The molecular formula is C10H11N3O2. The van der Waals surface area contributed by atoms with Gasteiger partial charge in [-0.25, -0.2) is 4.79 Å².